The molecule has 0 fully saturated rings. The third-order valence-corrected chi connectivity index (χ3v) is 2.00. The number of ketones is 1. The highest BCUT2D eigenvalue weighted by Gasteiger charge is 2.28. The van der Waals surface area contributed by atoms with Crippen molar-refractivity contribution in [1.29, 1.82) is 0 Å². The average molecular weight is 229 g/mol. The molecule has 92 valence electrons. The molecule has 0 aliphatic carbocycles. The molecule has 1 amide bonds. The molecule has 0 heterocycles. The number of carbonyl (C=O) groups excluding carboxylic acids is 3. The standard InChI is InChI=1S/C11H19NO4/c1-5-8(13)9(11(15)16-6-2)12-10(14)7(3)4/h7,9H,5-6H2,1-4H3,(H,12,14). The number of ether oxygens (including phenoxy) is 1. The van der Waals surface area contributed by atoms with Crippen molar-refractivity contribution in [3.8, 4) is 0 Å². The van der Waals surface area contributed by atoms with Crippen molar-refractivity contribution >= 4 is 17.7 Å². The Morgan fingerprint density at radius 2 is 1.75 bits per heavy atom. The topological polar surface area (TPSA) is 72.5 Å². The Morgan fingerprint density at radius 1 is 1.19 bits per heavy atom. The second-order valence-electron chi connectivity index (χ2n) is 3.67. The lowest BCUT2D eigenvalue weighted by Gasteiger charge is -2.16. The van der Waals surface area contributed by atoms with Crippen molar-refractivity contribution in [3.05, 3.63) is 0 Å². The largest absolute Gasteiger partial charge is 0.464 e. The van der Waals surface area contributed by atoms with Gasteiger partial charge in [0.1, 0.15) is 0 Å². The van der Waals surface area contributed by atoms with E-state index in [-0.39, 0.29) is 30.6 Å². The quantitative estimate of drug-likeness (QED) is 0.536. The lowest BCUT2D eigenvalue weighted by Crippen LogP contribution is -2.48. The Morgan fingerprint density at radius 3 is 2.12 bits per heavy atom. The molecular weight excluding hydrogens is 210 g/mol. The van der Waals surface area contributed by atoms with Crippen molar-refractivity contribution in [2.45, 2.75) is 40.2 Å². The molecule has 1 N–H and O–H groups in total. The van der Waals surface area contributed by atoms with Crippen LogP contribution >= 0.6 is 0 Å². The Kier molecular flexibility index (Phi) is 6.37. The number of Topliss-reactive ketones (excluding diaryl/α,β-unsaturated/α-hetero) is 1. The van der Waals surface area contributed by atoms with Crippen molar-refractivity contribution in [3.63, 3.8) is 0 Å². The van der Waals surface area contributed by atoms with E-state index < -0.39 is 12.0 Å². The number of amides is 1. The molecular formula is C11H19NO4. The van der Waals surface area contributed by atoms with Gasteiger partial charge in [0, 0.05) is 12.3 Å². The zero-order chi connectivity index (χ0) is 12.7. The van der Waals surface area contributed by atoms with Crippen molar-refractivity contribution in [2.24, 2.45) is 5.92 Å². The summed E-state index contributed by atoms with van der Waals surface area (Å²) in [6, 6.07) is -1.17. The van der Waals surface area contributed by atoms with Gasteiger partial charge in [-0.25, -0.2) is 4.79 Å². The van der Waals surface area contributed by atoms with Gasteiger partial charge in [-0.05, 0) is 6.92 Å². The summed E-state index contributed by atoms with van der Waals surface area (Å²) in [5.74, 6) is -1.64. The van der Waals surface area contributed by atoms with E-state index in [2.05, 4.69) is 5.32 Å². The Bertz CT molecular complexity index is 273. The monoisotopic (exact) mass is 229 g/mol. The van der Waals surface area contributed by atoms with Gasteiger partial charge in [0.05, 0.1) is 6.61 Å². The summed E-state index contributed by atoms with van der Waals surface area (Å²) >= 11 is 0. The molecule has 0 rings (SSSR count). The van der Waals surface area contributed by atoms with Gasteiger partial charge in [-0.2, -0.15) is 0 Å². The number of rotatable bonds is 6. The van der Waals surface area contributed by atoms with Gasteiger partial charge in [0.25, 0.3) is 0 Å². The SMILES string of the molecule is CCOC(=O)C(NC(=O)C(C)C)C(=O)CC. The van der Waals surface area contributed by atoms with E-state index in [9.17, 15) is 14.4 Å². The molecule has 1 atom stereocenters. The second-order valence-corrected chi connectivity index (χ2v) is 3.67. The van der Waals surface area contributed by atoms with Gasteiger partial charge in [0.2, 0.25) is 5.91 Å². The summed E-state index contributed by atoms with van der Waals surface area (Å²) in [6.07, 6.45) is 0.182. The molecule has 16 heavy (non-hydrogen) atoms. The van der Waals surface area contributed by atoms with Crippen LogP contribution in [0.5, 0.6) is 0 Å². The third-order valence-electron chi connectivity index (χ3n) is 2.00. The van der Waals surface area contributed by atoms with Crippen molar-refractivity contribution < 1.29 is 19.1 Å². The van der Waals surface area contributed by atoms with E-state index in [1.54, 1.807) is 27.7 Å². The van der Waals surface area contributed by atoms with Crippen LogP contribution < -0.4 is 5.32 Å². The molecule has 0 saturated heterocycles. The summed E-state index contributed by atoms with van der Waals surface area (Å²) in [7, 11) is 0. The van der Waals surface area contributed by atoms with Crippen LogP contribution in [-0.4, -0.2) is 30.3 Å². The van der Waals surface area contributed by atoms with Crippen LogP contribution in [0.15, 0.2) is 0 Å². The van der Waals surface area contributed by atoms with Gasteiger partial charge in [-0.3, -0.25) is 9.59 Å². The number of carbonyl (C=O) groups is 3. The number of esters is 1. The number of hydrogen-bond acceptors (Lipinski definition) is 4. The molecule has 5 heteroatoms. The van der Waals surface area contributed by atoms with Crippen LogP contribution in [0.2, 0.25) is 0 Å². The van der Waals surface area contributed by atoms with Gasteiger partial charge in [-0.1, -0.05) is 20.8 Å². The second kappa shape index (κ2) is 6.98. The molecule has 0 aliphatic rings. The summed E-state index contributed by atoms with van der Waals surface area (Å²) in [4.78, 5) is 34.3. The predicted octanol–water partition coefficient (Wildman–Crippen LogP) is 0.669. The van der Waals surface area contributed by atoms with E-state index >= 15 is 0 Å². The number of hydrogen-bond donors (Lipinski definition) is 1. The van der Waals surface area contributed by atoms with Crippen LogP contribution in [0.4, 0.5) is 0 Å². The molecule has 0 spiro atoms. The van der Waals surface area contributed by atoms with Crippen LogP contribution in [0.3, 0.4) is 0 Å². The van der Waals surface area contributed by atoms with Gasteiger partial charge >= 0.3 is 5.97 Å². The summed E-state index contributed by atoms with van der Waals surface area (Å²) in [5.41, 5.74) is 0. The molecule has 0 radical (unpaired) electrons. The lowest BCUT2D eigenvalue weighted by molar-refractivity contribution is -0.150. The first kappa shape index (κ1) is 14.6. The molecule has 0 aromatic carbocycles. The Hall–Kier alpha value is -1.39. The molecule has 1 unspecified atom stereocenters. The van der Waals surface area contributed by atoms with Gasteiger partial charge in [0.15, 0.2) is 11.8 Å². The van der Waals surface area contributed by atoms with Crippen molar-refractivity contribution in [2.75, 3.05) is 6.61 Å². The van der Waals surface area contributed by atoms with Gasteiger partial charge in [-0.15, -0.1) is 0 Å². The first-order valence-electron chi connectivity index (χ1n) is 5.43. The minimum Gasteiger partial charge on any atom is -0.464 e. The maximum Gasteiger partial charge on any atom is 0.336 e. The predicted molar refractivity (Wildman–Crippen MR) is 58.7 cm³/mol. The fourth-order valence-electron chi connectivity index (χ4n) is 1.01. The Balaban J connectivity index is 4.62. The van der Waals surface area contributed by atoms with Crippen LogP contribution in [0.1, 0.15) is 34.1 Å². The highest BCUT2D eigenvalue weighted by molar-refractivity contribution is 6.05. The van der Waals surface area contributed by atoms with E-state index in [0.717, 1.165) is 0 Å². The van der Waals surface area contributed by atoms with Crippen LogP contribution in [0.25, 0.3) is 0 Å². The van der Waals surface area contributed by atoms with E-state index in [1.807, 2.05) is 0 Å². The molecule has 0 bridgehead atoms. The molecule has 0 aliphatic heterocycles. The average Bonchev–Trinajstić information content (AvgIpc) is 2.24. The highest BCUT2D eigenvalue weighted by Crippen LogP contribution is 1.99. The molecule has 0 aromatic heterocycles. The van der Waals surface area contributed by atoms with E-state index in [4.69, 9.17) is 4.74 Å². The van der Waals surface area contributed by atoms with E-state index in [1.165, 1.54) is 0 Å². The maximum atomic E-state index is 11.5. The van der Waals surface area contributed by atoms with Gasteiger partial charge < -0.3 is 10.1 Å². The normalized spacial score (nSPS) is 12.1. The van der Waals surface area contributed by atoms with Crippen LogP contribution in [-0.2, 0) is 19.1 Å². The fraction of sp³-hybridized carbons (Fsp3) is 0.727. The Labute approximate surface area is 95.5 Å². The summed E-state index contributed by atoms with van der Waals surface area (Å²) in [5, 5.41) is 2.39. The van der Waals surface area contributed by atoms with Crippen molar-refractivity contribution in [1.82, 2.24) is 5.32 Å². The molecule has 0 aromatic rings. The highest BCUT2D eigenvalue weighted by atomic mass is 16.5. The summed E-state index contributed by atoms with van der Waals surface area (Å²) in [6.45, 7) is 6.84. The number of nitrogens with one attached hydrogen (secondary N) is 1. The third kappa shape index (κ3) is 4.42. The van der Waals surface area contributed by atoms with Crippen LogP contribution in [0, 0.1) is 5.92 Å². The smallest absolute Gasteiger partial charge is 0.336 e. The summed E-state index contributed by atoms with van der Waals surface area (Å²) < 4.78 is 4.73. The fourth-order valence-corrected chi connectivity index (χ4v) is 1.01. The zero-order valence-corrected chi connectivity index (χ0v) is 10.2. The lowest BCUT2D eigenvalue weighted by atomic mass is 10.1. The minimum atomic E-state index is -1.17. The minimum absolute atomic E-state index is 0.182. The maximum absolute atomic E-state index is 11.5. The first-order valence-corrected chi connectivity index (χ1v) is 5.43. The molecule has 5 nitrogen and oxygen atoms in total. The zero-order valence-electron chi connectivity index (χ0n) is 10.2. The van der Waals surface area contributed by atoms with E-state index in [0.29, 0.717) is 0 Å². The first-order chi connectivity index (χ1) is 7.43. The molecule has 0 saturated carbocycles.